The molecular weight excluding hydrogens is 274 g/mol. The molecule has 2 rings (SSSR count). The van der Waals surface area contributed by atoms with Gasteiger partial charge in [0.15, 0.2) is 0 Å². The predicted molar refractivity (Wildman–Crippen MR) is 41.0 cm³/mol. The molecule has 1 nitrogen and oxygen atoms in total. The zero-order chi connectivity index (χ0) is 6.81. The van der Waals surface area contributed by atoms with E-state index in [9.17, 15) is 0 Å². The van der Waals surface area contributed by atoms with Crippen LogP contribution in [0, 0.1) is 0 Å². The van der Waals surface area contributed by atoms with Crippen LogP contribution in [0.5, 0.6) is 5.75 Å². The van der Waals surface area contributed by atoms with Crippen molar-refractivity contribution < 1.29 is 47.7 Å². The van der Waals surface area contributed by atoms with Crippen molar-refractivity contribution in [3.63, 3.8) is 0 Å². The van der Waals surface area contributed by atoms with Crippen LogP contribution in [0.1, 0.15) is 5.56 Å². The molecular formula is C9H8CoOZr. The second-order valence-corrected chi connectivity index (χ2v) is 2.25. The number of benzene rings is 1. The average Bonchev–Trinajstić information content (AvgIpc) is 2.05. The van der Waals surface area contributed by atoms with Crippen LogP contribution >= 0.6 is 0 Å². The minimum atomic E-state index is 0. The van der Waals surface area contributed by atoms with Gasteiger partial charge in [0.2, 0.25) is 0 Å². The molecule has 0 aliphatic carbocycles. The fourth-order valence-electron chi connectivity index (χ4n) is 1.06. The van der Waals surface area contributed by atoms with Gasteiger partial charge in [0.1, 0.15) is 12.4 Å². The van der Waals surface area contributed by atoms with Gasteiger partial charge in [0.05, 0.1) is 0 Å². The molecule has 0 saturated carbocycles. The number of ether oxygens (including phenoxy) is 1. The summed E-state index contributed by atoms with van der Waals surface area (Å²) < 4.78 is 5.34. The van der Waals surface area contributed by atoms with Gasteiger partial charge in [-0.05, 0) is 12.1 Å². The molecule has 1 aliphatic rings. The topological polar surface area (TPSA) is 9.23 Å². The van der Waals surface area contributed by atoms with E-state index in [0.29, 0.717) is 6.61 Å². The van der Waals surface area contributed by atoms with E-state index in [0.717, 1.165) is 5.75 Å². The monoisotopic (exact) mass is 281 g/mol. The summed E-state index contributed by atoms with van der Waals surface area (Å²) >= 11 is 0. The van der Waals surface area contributed by atoms with Crippen molar-refractivity contribution in [2.45, 2.75) is 0 Å². The average molecular weight is 282 g/mol. The second-order valence-electron chi connectivity index (χ2n) is 2.25. The van der Waals surface area contributed by atoms with E-state index in [4.69, 9.17) is 4.74 Å². The molecule has 0 fully saturated rings. The van der Waals surface area contributed by atoms with E-state index in [-0.39, 0.29) is 43.0 Å². The van der Waals surface area contributed by atoms with Crippen molar-refractivity contribution in [3.8, 4) is 5.75 Å². The summed E-state index contributed by atoms with van der Waals surface area (Å²) in [6, 6.07) is 8.03. The molecule has 0 atom stereocenters. The van der Waals surface area contributed by atoms with E-state index in [1.165, 1.54) is 5.56 Å². The van der Waals surface area contributed by atoms with Crippen molar-refractivity contribution in [3.05, 3.63) is 35.9 Å². The summed E-state index contributed by atoms with van der Waals surface area (Å²) in [7, 11) is 0. The fraction of sp³-hybridized carbons (Fsp3) is 0.111. The van der Waals surface area contributed by atoms with Gasteiger partial charge in [0, 0.05) is 48.5 Å². The summed E-state index contributed by atoms with van der Waals surface area (Å²) in [5.74, 6) is 0.991. The van der Waals surface area contributed by atoms with Crippen molar-refractivity contribution >= 4 is 6.08 Å². The Morgan fingerprint density at radius 3 is 2.67 bits per heavy atom. The van der Waals surface area contributed by atoms with Crippen molar-refractivity contribution in [1.29, 1.82) is 0 Å². The number of hydrogen-bond acceptors (Lipinski definition) is 1. The molecule has 0 spiro atoms. The third-order valence-electron chi connectivity index (χ3n) is 1.55. The minimum absolute atomic E-state index is 0. The molecule has 1 radical (unpaired) electrons. The maximum absolute atomic E-state index is 5.34. The number of rotatable bonds is 0. The van der Waals surface area contributed by atoms with E-state index >= 15 is 0 Å². The van der Waals surface area contributed by atoms with Gasteiger partial charge in [-0.3, -0.25) is 0 Å². The first-order valence-electron chi connectivity index (χ1n) is 3.35. The van der Waals surface area contributed by atoms with Crippen LogP contribution in [-0.4, -0.2) is 6.61 Å². The molecule has 0 N–H and O–H groups in total. The standard InChI is InChI=1S/C9H8O.Co.Zr/c1-2-6-9-8(4-1)5-3-7-10-9;;/h1-6H,7H2;;. The van der Waals surface area contributed by atoms with Crippen LogP contribution in [-0.2, 0) is 43.0 Å². The van der Waals surface area contributed by atoms with Gasteiger partial charge in [-0.2, -0.15) is 0 Å². The molecule has 12 heavy (non-hydrogen) atoms. The Kier molecular flexibility index (Phi) is 5.81. The largest absolute Gasteiger partial charge is 0.489 e. The van der Waals surface area contributed by atoms with Crippen molar-refractivity contribution in [2.24, 2.45) is 0 Å². The van der Waals surface area contributed by atoms with Crippen LogP contribution in [0.15, 0.2) is 30.3 Å². The molecule has 1 heterocycles. The number of hydrogen-bond donors (Lipinski definition) is 0. The normalized spacial score (nSPS) is 11.7. The van der Waals surface area contributed by atoms with Gasteiger partial charge >= 0.3 is 0 Å². The fourth-order valence-corrected chi connectivity index (χ4v) is 1.06. The van der Waals surface area contributed by atoms with Gasteiger partial charge in [0.25, 0.3) is 0 Å². The molecule has 1 aliphatic heterocycles. The number of para-hydroxylation sites is 1. The number of fused-ring (bicyclic) bond motifs is 1. The Balaban J connectivity index is 0.000000605. The Bertz CT molecular complexity index is 273. The third kappa shape index (κ3) is 2.58. The van der Waals surface area contributed by atoms with E-state index in [1.807, 2.05) is 30.3 Å². The minimum Gasteiger partial charge on any atom is -0.489 e. The summed E-state index contributed by atoms with van der Waals surface area (Å²) in [6.45, 7) is 0.705. The molecule has 0 unspecified atom stereocenters. The maximum Gasteiger partial charge on any atom is 0.126 e. The van der Waals surface area contributed by atoms with E-state index in [2.05, 4.69) is 6.08 Å². The predicted octanol–water partition coefficient (Wildman–Crippen LogP) is 2.09. The second kappa shape index (κ2) is 5.74. The van der Waals surface area contributed by atoms with Crippen molar-refractivity contribution in [2.75, 3.05) is 6.61 Å². The van der Waals surface area contributed by atoms with Crippen molar-refractivity contribution in [1.82, 2.24) is 0 Å². The first kappa shape index (κ1) is 12.1. The molecule has 63 valence electrons. The zero-order valence-corrected chi connectivity index (χ0v) is 9.91. The third-order valence-corrected chi connectivity index (χ3v) is 1.55. The molecule has 3 heteroatoms. The van der Waals surface area contributed by atoms with Gasteiger partial charge in [-0.1, -0.05) is 24.3 Å². The summed E-state index contributed by atoms with van der Waals surface area (Å²) in [6.07, 6.45) is 4.10. The Hall–Kier alpha value is 0.150. The molecule has 0 saturated heterocycles. The van der Waals surface area contributed by atoms with Crippen LogP contribution in [0.2, 0.25) is 0 Å². The smallest absolute Gasteiger partial charge is 0.126 e. The van der Waals surface area contributed by atoms with Gasteiger partial charge in [-0.25, -0.2) is 0 Å². The summed E-state index contributed by atoms with van der Waals surface area (Å²) in [5.41, 5.74) is 1.17. The quantitative estimate of drug-likeness (QED) is 0.708. The van der Waals surface area contributed by atoms with Crippen LogP contribution in [0.3, 0.4) is 0 Å². The van der Waals surface area contributed by atoms with Crippen LogP contribution in [0.25, 0.3) is 6.08 Å². The molecule has 1 aromatic carbocycles. The zero-order valence-electron chi connectivity index (χ0n) is 6.41. The van der Waals surface area contributed by atoms with Crippen LogP contribution in [0.4, 0.5) is 0 Å². The first-order chi connectivity index (χ1) is 4.97. The maximum atomic E-state index is 5.34. The molecule has 0 aromatic heterocycles. The summed E-state index contributed by atoms with van der Waals surface area (Å²) in [5, 5.41) is 0. The molecule has 0 bridgehead atoms. The summed E-state index contributed by atoms with van der Waals surface area (Å²) in [4.78, 5) is 0. The first-order valence-corrected chi connectivity index (χ1v) is 3.35. The molecule has 1 aromatic rings. The SMILES string of the molecule is C1=Cc2ccccc2OC1.[Co].[Zr]. The van der Waals surface area contributed by atoms with Gasteiger partial charge < -0.3 is 4.74 Å². The van der Waals surface area contributed by atoms with E-state index in [1.54, 1.807) is 0 Å². The van der Waals surface area contributed by atoms with Crippen LogP contribution < -0.4 is 4.74 Å². The van der Waals surface area contributed by atoms with Gasteiger partial charge in [-0.15, -0.1) is 0 Å². The Morgan fingerprint density at radius 2 is 1.92 bits per heavy atom. The Labute approximate surface area is 102 Å². The van der Waals surface area contributed by atoms with E-state index < -0.39 is 0 Å². The molecule has 0 amide bonds. The Morgan fingerprint density at radius 1 is 1.17 bits per heavy atom.